The Balaban J connectivity index is 1.78. The van der Waals surface area contributed by atoms with E-state index in [4.69, 9.17) is 0 Å². The highest BCUT2D eigenvalue weighted by Gasteiger charge is 2.19. The molecule has 0 saturated carbocycles. The molecule has 8 heteroatoms. The zero-order valence-corrected chi connectivity index (χ0v) is 15.0. The number of amides is 3. The van der Waals surface area contributed by atoms with Gasteiger partial charge in [0.05, 0.1) is 7.11 Å². The van der Waals surface area contributed by atoms with Gasteiger partial charge in [-0.05, 0) is 32.2 Å². The number of piperazine rings is 1. The van der Waals surface area contributed by atoms with Gasteiger partial charge < -0.3 is 20.3 Å². The number of nitrogens with one attached hydrogen (secondary N) is 3. The number of anilines is 2. The largest absolute Gasteiger partial charge is 0.453 e. The molecule has 1 unspecified atom stereocenters. The molecule has 1 fully saturated rings. The lowest BCUT2D eigenvalue weighted by molar-refractivity contribution is 0.119. The predicted molar refractivity (Wildman–Crippen MR) is 98.0 cm³/mol. The zero-order chi connectivity index (χ0) is 18.2. The van der Waals surface area contributed by atoms with Gasteiger partial charge in [-0.1, -0.05) is 6.07 Å². The molecule has 1 aliphatic heterocycles. The average molecular weight is 349 g/mol. The number of likely N-dealkylation sites (N-methyl/N-ethyl adjacent to an activating group) is 1. The number of ether oxygens (including phenoxy) is 1. The summed E-state index contributed by atoms with van der Waals surface area (Å²) < 4.78 is 4.55. The number of carbonyl (C=O) groups excluding carboxylic acids is 2. The van der Waals surface area contributed by atoms with Crippen LogP contribution in [0.2, 0.25) is 0 Å². The molecule has 1 atom stereocenters. The monoisotopic (exact) mass is 349 g/mol. The Kier molecular flexibility index (Phi) is 7.03. The second kappa shape index (κ2) is 9.24. The Morgan fingerprint density at radius 3 is 2.44 bits per heavy atom. The number of hydrogen-bond donors (Lipinski definition) is 3. The topological polar surface area (TPSA) is 85.9 Å². The standard InChI is InChI=1S/C17H27N5O3/c1-13(22-9-7-21(2)8-10-22)12-18-16(23)19-14-5-4-6-15(11-14)20-17(24)25-3/h4-6,11,13H,7-10,12H2,1-3H3,(H,20,24)(H2,18,19,23). The van der Waals surface area contributed by atoms with E-state index in [9.17, 15) is 9.59 Å². The number of urea groups is 1. The number of carbonyl (C=O) groups is 2. The fourth-order valence-corrected chi connectivity index (χ4v) is 2.65. The van der Waals surface area contributed by atoms with Gasteiger partial charge in [0.15, 0.2) is 0 Å². The summed E-state index contributed by atoms with van der Waals surface area (Å²) in [6, 6.07) is 6.90. The molecule has 0 aliphatic carbocycles. The number of benzene rings is 1. The Morgan fingerprint density at radius 2 is 1.80 bits per heavy atom. The van der Waals surface area contributed by atoms with Crippen molar-refractivity contribution in [2.24, 2.45) is 0 Å². The van der Waals surface area contributed by atoms with E-state index in [1.54, 1.807) is 24.3 Å². The van der Waals surface area contributed by atoms with Crippen molar-refractivity contribution in [2.45, 2.75) is 13.0 Å². The number of hydrogen-bond acceptors (Lipinski definition) is 5. The minimum Gasteiger partial charge on any atom is -0.453 e. The molecule has 2 rings (SSSR count). The molecule has 1 saturated heterocycles. The second-order valence-corrected chi connectivity index (χ2v) is 6.22. The van der Waals surface area contributed by atoms with E-state index in [-0.39, 0.29) is 12.1 Å². The van der Waals surface area contributed by atoms with E-state index in [1.165, 1.54) is 7.11 Å². The summed E-state index contributed by atoms with van der Waals surface area (Å²) in [7, 11) is 3.42. The maximum absolute atomic E-state index is 12.1. The Hall–Kier alpha value is -2.32. The molecule has 1 aromatic rings. The summed E-state index contributed by atoms with van der Waals surface area (Å²) >= 11 is 0. The van der Waals surface area contributed by atoms with Gasteiger partial charge in [0.25, 0.3) is 0 Å². The first-order valence-electron chi connectivity index (χ1n) is 8.40. The van der Waals surface area contributed by atoms with E-state index in [1.807, 2.05) is 0 Å². The molecule has 138 valence electrons. The molecule has 1 aliphatic rings. The van der Waals surface area contributed by atoms with Crippen LogP contribution in [-0.2, 0) is 4.74 Å². The van der Waals surface area contributed by atoms with E-state index in [0.29, 0.717) is 17.9 Å². The normalized spacial score (nSPS) is 16.8. The molecule has 0 radical (unpaired) electrons. The van der Waals surface area contributed by atoms with Crippen LogP contribution in [0.15, 0.2) is 24.3 Å². The quantitative estimate of drug-likeness (QED) is 0.752. The fraction of sp³-hybridized carbons (Fsp3) is 0.529. The number of methoxy groups -OCH3 is 1. The molecule has 0 aromatic heterocycles. The summed E-state index contributed by atoms with van der Waals surface area (Å²) in [5.41, 5.74) is 1.15. The van der Waals surface area contributed by atoms with Crippen LogP contribution in [0, 0.1) is 0 Å². The third kappa shape index (κ3) is 6.24. The smallest absolute Gasteiger partial charge is 0.411 e. The lowest BCUT2D eigenvalue weighted by atomic mass is 10.2. The highest BCUT2D eigenvalue weighted by Crippen LogP contribution is 2.15. The minimum atomic E-state index is -0.553. The van der Waals surface area contributed by atoms with Gasteiger partial charge >= 0.3 is 12.1 Å². The molecule has 25 heavy (non-hydrogen) atoms. The van der Waals surface area contributed by atoms with E-state index < -0.39 is 6.09 Å². The van der Waals surface area contributed by atoms with Crippen LogP contribution in [0.4, 0.5) is 21.0 Å². The minimum absolute atomic E-state index is 0.267. The highest BCUT2D eigenvalue weighted by atomic mass is 16.5. The van der Waals surface area contributed by atoms with E-state index in [0.717, 1.165) is 26.2 Å². The van der Waals surface area contributed by atoms with Crippen LogP contribution in [-0.4, -0.2) is 74.8 Å². The summed E-state index contributed by atoms with van der Waals surface area (Å²) in [5.74, 6) is 0. The van der Waals surface area contributed by atoms with Crippen molar-refractivity contribution in [1.82, 2.24) is 15.1 Å². The highest BCUT2D eigenvalue weighted by molar-refractivity contribution is 5.91. The van der Waals surface area contributed by atoms with Crippen molar-refractivity contribution in [2.75, 3.05) is 57.5 Å². The lowest BCUT2D eigenvalue weighted by Crippen LogP contribution is -2.51. The van der Waals surface area contributed by atoms with Crippen molar-refractivity contribution >= 4 is 23.5 Å². The number of nitrogens with zero attached hydrogens (tertiary/aromatic N) is 2. The van der Waals surface area contributed by atoms with E-state index in [2.05, 4.69) is 44.5 Å². The molecule has 0 spiro atoms. The third-order valence-electron chi connectivity index (χ3n) is 4.27. The Bertz CT molecular complexity index is 587. The molecule has 8 nitrogen and oxygen atoms in total. The van der Waals surface area contributed by atoms with Crippen molar-refractivity contribution in [3.63, 3.8) is 0 Å². The molecule has 3 amide bonds. The van der Waals surface area contributed by atoms with Gasteiger partial charge in [-0.25, -0.2) is 9.59 Å². The van der Waals surface area contributed by atoms with Crippen LogP contribution < -0.4 is 16.0 Å². The molecule has 0 bridgehead atoms. The Morgan fingerprint density at radius 1 is 1.16 bits per heavy atom. The lowest BCUT2D eigenvalue weighted by Gasteiger charge is -2.36. The maximum Gasteiger partial charge on any atom is 0.411 e. The molecule has 3 N–H and O–H groups in total. The zero-order valence-electron chi connectivity index (χ0n) is 15.0. The van der Waals surface area contributed by atoms with Gasteiger partial charge in [-0.3, -0.25) is 10.2 Å². The molecule has 1 heterocycles. The summed E-state index contributed by atoms with van der Waals surface area (Å²) in [6.07, 6.45) is -0.553. The SMILES string of the molecule is COC(=O)Nc1cccc(NC(=O)NCC(C)N2CCN(C)CC2)c1. The molecular weight excluding hydrogens is 322 g/mol. The molecular formula is C17H27N5O3. The van der Waals surface area contributed by atoms with Gasteiger partial charge in [0.2, 0.25) is 0 Å². The molecule has 1 aromatic carbocycles. The summed E-state index contributed by atoms with van der Waals surface area (Å²) in [6.45, 7) is 6.83. The third-order valence-corrected chi connectivity index (χ3v) is 4.27. The van der Waals surface area contributed by atoms with Crippen molar-refractivity contribution in [3.8, 4) is 0 Å². The van der Waals surface area contributed by atoms with Gasteiger partial charge in [-0.15, -0.1) is 0 Å². The average Bonchev–Trinajstić information content (AvgIpc) is 2.60. The Labute approximate surface area is 148 Å². The first-order chi connectivity index (χ1) is 12.0. The second-order valence-electron chi connectivity index (χ2n) is 6.22. The first kappa shape index (κ1) is 19.0. The van der Waals surface area contributed by atoms with Gasteiger partial charge in [0.1, 0.15) is 0 Å². The maximum atomic E-state index is 12.1. The van der Waals surface area contributed by atoms with E-state index >= 15 is 0 Å². The van der Waals surface area contributed by atoms with Crippen LogP contribution in [0.25, 0.3) is 0 Å². The van der Waals surface area contributed by atoms with Crippen molar-refractivity contribution < 1.29 is 14.3 Å². The van der Waals surface area contributed by atoms with Gasteiger partial charge in [0, 0.05) is 50.1 Å². The number of rotatable bonds is 5. The first-order valence-corrected chi connectivity index (χ1v) is 8.40. The summed E-state index contributed by atoms with van der Waals surface area (Å²) in [5, 5.41) is 8.22. The van der Waals surface area contributed by atoms with Crippen LogP contribution >= 0.6 is 0 Å². The predicted octanol–water partition coefficient (Wildman–Crippen LogP) is 1.62. The van der Waals surface area contributed by atoms with Crippen LogP contribution in [0.1, 0.15) is 6.92 Å². The van der Waals surface area contributed by atoms with Crippen molar-refractivity contribution in [3.05, 3.63) is 24.3 Å². The van der Waals surface area contributed by atoms with Crippen LogP contribution in [0.5, 0.6) is 0 Å². The van der Waals surface area contributed by atoms with Crippen LogP contribution in [0.3, 0.4) is 0 Å². The van der Waals surface area contributed by atoms with Gasteiger partial charge in [-0.2, -0.15) is 0 Å². The van der Waals surface area contributed by atoms with Crippen molar-refractivity contribution in [1.29, 1.82) is 0 Å². The fourth-order valence-electron chi connectivity index (χ4n) is 2.65. The summed E-state index contributed by atoms with van der Waals surface area (Å²) in [4.78, 5) is 28.0.